The Morgan fingerprint density at radius 2 is 1.66 bits per heavy atom. The maximum atomic E-state index is 12.2. The fraction of sp³-hybridized carbons (Fsp3) is 0.0476. The monoisotopic (exact) mass is 408 g/mol. The van der Waals surface area contributed by atoms with E-state index in [1.54, 1.807) is 24.3 Å². The highest BCUT2D eigenvalue weighted by Crippen LogP contribution is 2.14. The van der Waals surface area contributed by atoms with Crippen LogP contribution in [0.2, 0.25) is 5.02 Å². The Hall–Kier alpha value is -3.71. The van der Waals surface area contributed by atoms with Crippen LogP contribution in [-0.2, 0) is 6.54 Å². The molecule has 0 atom stereocenters. The number of hydrogen-bond acceptors (Lipinski definition) is 5. The quantitative estimate of drug-likeness (QED) is 0.338. The van der Waals surface area contributed by atoms with E-state index >= 15 is 0 Å². The summed E-state index contributed by atoms with van der Waals surface area (Å²) >= 11 is 5.87. The summed E-state index contributed by atoms with van der Waals surface area (Å²) in [5, 5.41) is 18.5. The highest BCUT2D eigenvalue weighted by atomic mass is 35.5. The largest absolute Gasteiger partial charge is 0.381 e. The maximum Gasteiger partial charge on any atom is 0.271 e. The minimum absolute atomic E-state index is 0.00375. The molecule has 0 fully saturated rings. The Bertz CT molecular complexity index is 1020. The lowest BCUT2D eigenvalue weighted by Crippen LogP contribution is -2.17. The molecule has 0 radical (unpaired) electrons. The molecule has 3 rings (SSSR count). The molecular formula is C21H17ClN4O3. The molecule has 2 N–H and O–H groups in total. The number of nitrogens with one attached hydrogen (secondary N) is 2. The lowest BCUT2D eigenvalue weighted by Gasteiger charge is -2.07. The molecule has 0 unspecified atom stereocenters. The van der Waals surface area contributed by atoms with Crippen LogP contribution in [0.5, 0.6) is 0 Å². The van der Waals surface area contributed by atoms with Crippen LogP contribution in [0.15, 0.2) is 77.9 Å². The van der Waals surface area contributed by atoms with Crippen molar-refractivity contribution >= 4 is 35.1 Å². The third-order valence-corrected chi connectivity index (χ3v) is 4.29. The number of carbonyl (C=O) groups excluding carboxylic acids is 1. The first-order valence-electron chi connectivity index (χ1n) is 8.67. The van der Waals surface area contributed by atoms with Crippen LogP contribution in [0, 0.1) is 10.1 Å². The van der Waals surface area contributed by atoms with Crippen molar-refractivity contribution in [3.8, 4) is 0 Å². The van der Waals surface area contributed by atoms with Gasteiger partial charge in [0.15, 0.2) is 0 Å². The highest BCUT2D eigenvalue weighted by molar-refractivity contribution is 6.30. The molecule has 3 aromatic carbocycles. The third kappa shape index (κ3) is 5.88. The zero-order chi connectivity index (χ0) is 20.6. The number of hydrogen-bond donors (Lipinski definition) is 2. The molecule has 29 heavy (non-hydrogen) atoms. The van der Waals surface area contributed by atoms with Gasteiger partial charge < -0.3 is 5.32 Å². The van der Waals surface area contributed by atoms with Gasteiger partial charge in [-0.3, -0.25) is 14.9 Å². The van der Waals surface area contributed by atoms with Crippen molar-refractivity contribution in [2.45, 2.75) is 6.54 Å². The standard InChI is InChI=1S/C21H17ClN4O3/c22-18-7-1-15(2-8-18)13-23-19-9-5-17(6-10-19)21(27)25-24-14-16-3-11-20(12-4-16)26(28)29/h1-12,14,23H,13H2,(H,25,27)/b24-14+. The first-order valence-corrected chi connectivity index (χ1v) is 9.05. The van der Waals surface area contributed by atoms with Crippen molar-refractivity contribution in [1.29, 1.82) is 0 Å². The van der Waals surface area contributed by atoms with Crippen molar-refractivity contribution in [1.82, 2.24) is 5.43 Å². The van der Waals surface area contributed by atoms with Crippen molar-refractivity contribution < 1.29 is 9.72 Å². The number of amides is 1. The summed E-state index contributed by atoms with van der Waals surface area (Å²) in [6.07, 6.45) is 1.42. The number of nitro benzene ring substituents is 1. The van der Waals surface area contributed by atoms with E-state index in [1.165, 1.54) is 18.3 Å². The molecule has 0 spiro atoms. The van der Waals surface area contributed by atoms with E-state index < -0.39 is 4.92 Å². The number of anilines is 1. The van der Waals surface area contributed by atoms with Crippen LogP contribution in [0.3, 0.4) is 0 Å². The first-order chi connectivity index (χ1) is 14.0. The van der Waals surface area contributed by atoms with E-state index in [9.17, 15) is 14.9 Å². The van der Waals surface area contributed by atoms with Crippen molar-refractivity contribution in [3.63, 3.8) is 0 Å². The SMILES string of the molecule is O=C(N/N=C/c1ccc([N+](=O)[O-])cc1)c1ccc(NCc2ccc(Cl)cc2)cc1. The second-order valence-electron chi connectivity index (χ2n) is 6.11. The number of benzene rings is 3. The molecule has 0 aliphatic heterocycles. The Balaban J connectivity index is 1.51. The molecule has 0 bridgehead atoms. The van der Waals surface area contributed by atoms with Gasteiger partial charge in [0.25, 0.3) is 11.6 Å². The lowest BCUT2D eigenvalue weighted by molar-refractivity contribution is -0.384. The fourth-order valence-electron chi connectivity index (χ4n) is 2.46. The summed E-state index contributed by atoms with van der Waals surface area (Å²) in [4.78, 5) is 22.3. The molecular weight excluding hydrogens is 392 g/mol. The Morgan fingerprint density at radius 3 is 2.28 bits per heavy atom. The molecule has 3 aromatic rings. The topological polar surface area (TPSA) is 96.6 Å². The van der Waals surface area contributed by atoms with Crippen molar-refractivity contribution in [3.05, 3.63) is 105 Å². The first kappa shape index (κ1) is 20.0. The van der Waals surface area contributed by atoms with E-state index in [-0.39, 0.29) is 11.6 Å². The van der Waals surface area contributed by atoms with E-state index in [0.717, 1.165) is 11.3 Å². The Kier molecular flexibility index (Phi) is 6.55. The van der Waals surface area contributed by atoms with Gasteiger partial charge in [0.1, 0.15) is 0 Å². The smallest absolute Gasteiger partial charge is 0.271 e. The van der Waals surface area contributed by atoms with E-state index in [4.69, 9.17) is 11.6 Å². The van der Waals surface area contributed by atoms with Gasteiger partial charge in [-0.2, -0.15) is 5.10 Å². The van der Waals surface area contributed by atoms with Gasteiger partial charge in [-0.1, -0.05) is 23.7 Å². The highest BCUT2D eigenvalue weighted by Gasteiger charge is 2.05. The molecule has 0 saturated carbocycles. The average Bonchev–Trinajstić information content (AvgIpc) is 2.74. The summed E-state index contributed by atoms with van der Waals surface area (Å²) in [6.45, 7) is 0.641. The number of carbonyl (C=O) groups is 1. The molecule has 0 heterocycles. The lowest BCUT2D eigenvalue weighted by atomic mass is 10.2. The number of non-ortho nitro benzene ring substituents is 1. The summed E-state index contributed by atoms with van der Waals surface area (Å²) < 4.78 is 0. The van der Waals surface area contributed by atoms with Gasteiger partial charge in [0.05, 0.1) is 11.1 Å². The van der Waals surface area contributed by atoms with Gasteiger partial charge >= 0.3 is 0 Å². The fourth-order valence-corrected chi connectivity index (χ4v) is 2.58. The molecule has 8 heteroatoms. The van der Waals surface area contributed by atoms with Gasteiger partial charge in [0.2, 0.25) is 0 Å². The van der Waals surface area contributed by atoms with Crippen molar-refractivity contribution in [2.24, 2.45) is 5.10 Å². The van der Waals surface area contributed by atoms with E-state index in [2.05, 4.69) is 15.8 Å². The number of nitrogens with zero attached hydrogens (tertiary/aromatic N) is 2. The van der Waals surface area contributed by atoms with E-state index in [1.807, 2.05) is 36.4 Å². The molecule has 1 amide bonds. The zero-order valence-electron chi connectivity index (χ0n) is 15.2. The van der Waals surface area contributed by atoms with Crippen LogP contribution < -0.4 is 10.7 Å². The molecule has 0 aliphatic carbocycles. The number of hydrazone groups is 1. The average molecular weight is 409 g/mol. The minimum atomic E-state index is -0.476. The molecule has 0 aliphatic rings. The van der Waals surface area contributed by atoms with Crippen LogP contribution in [0.25, 0.3) is 0 Å². The second-order valence-corrected chi connectivity index (χ2v) is 6.54. The van der Waals surface area contributed by atoms with Crippen LogP contribution >= 0.6 is 11.6 Å². The van der Waals surface area contributed by atoms with Gasteiger partial charge in [-0.05, 0) is 59.7 Å². The molecule has 0 saturated heterocycles. The van der Waals surface area contributed by atoms with Crippen LogP contribution in [-0.4, -0.2) is 17.0 Å². The minimum Gasteiger partial charge on any atom is -0.381 e. The summed E-state index contributed by atoms with van der Waals surface area (Å²) in [6, 6.07) is 20.4. The normalized spacial score (nSPS) is 10.7. The second kappa shape index (κ2) is 9.48. The third-order valence-electron chi connectivity index (χ3n) is 4.04. The van der Waals surface area contributed by atoms with Gasteiger partial charge in [0, 0.05) is 35.0 Å². The molecule has 146 valence electrons. The predicted molar refractivity (Wildman–Crippen MR) is 113 cm³/mol. The van der Waals surface area contributed by atoms with Crippen LogP contribution in [0.4, 0.5) is 11.4 Å². The van der Waals surface area contributed by atoms with Gasteiger partial charge in [-0.15, -0.1) is 0 Å². The summed E-state index contributed by atoms with van der Waals surface area (Å²) in [7, 11) is 0. The Morgan fingerprint density at radius 1 is 1.00 bits per heavy atom. The number of rotatable bonds is 7. The molecule has 7 nitrogen and oxygen atoms in total. The number of halogens is 1. The van der Waals surface area contributed by atoms with Crippen molar-refractivity contribution in [2.75, 3.05) is 5.32 Å². The zero-order valence-corrected chi connectivity index (χ0v) is 16.0. The number of nitro groups is 1. The predicted octanol–water partition coefficient (Wildman–Crippen LogP) is 4.62. The summed E-state index contributed by atoms with van der Waals surface area (Å²) in [5.74, 6) is -0.354. The van der Waals surface area contributed by atoms with Crippen LogP contribution in [0.1, 0.15) is 21.5 Å². The van der Waals surface area contributed by atoms with Gasteiger partial charge in [-0.25, -0.2) is 5.43 Å². The Labute approximate surface area is 172 Å². The molecule has 0 aromatic heterocycles. The van der Waals surface area contributed by atoms with E-state index in [0.29, 0.717) is 22.7 Å². The summed E-state index contributed by atoms with van der Waals surface area (Å²) in [5.41, 5.74) is 5.50. The maximum absolute atomic E-state index is 12.2.